The fourth-order valence-corrected chi connectivity index (χ4v) is 1.59. The number of hydrogen-bond acceptors (Lipinski definition) is 2. The van der Waals surface area contributed by atoms with Gasteiger partial charge in [0, 0.05) is 10.6 Å². The van der Waals surface area contributed by atoms with E-state index in [-0.39, 0.29) is 5.56 Å². The minimum atomic E-state index is -1.67. The third kappa shape index (κ3) is 3.15. The summed E-state index contributed by atoms with van der Waals surface area (Å²) >= 11 is 5.95. The molecule has 4 heteroatoms. The lowest BCUT2D eigenvalue weighted by Crippen LogP contribution is -1.91. The van der Waals surface area contributed by atoms with Gasteiger partial charge in [-0.2, -0.15) is 4.99 Å². The Bertz CT molecular complexity index is 388. The van der Waals surface area contributed by atoms with Crippen molar-refractivity contribution < 1.29 is 9.18 Å². The van der Waals surface area contributed by atoms with Crippen LogP contribution in [0.2, 0.25) is 5.02 Å². The van der Waals surface area contributed by atoms with E-state index in [9.17, 15) is 9.18 Å². The Morgan fingerprint density at radius 2 is 2.33 bits per heavy atom. The van der Waals surface area contributed by atoms with E-state index >= 15 is 0 Å². The standard InChI is InChI=1S/C11H11ClFNO/c1-2-3-8-4-5-9(6-10(8)12)11(13)14-7-15/h4-6,11H,2-3H2,1H3. The highest BCUT2D eigenvalue weighted by Gasteiger charge is 2.09. The van der Waals surface area contributed by atoms with Crippen molar-refractivity contribution in [2.45, 2.75) is 26.1 Å². The van der Waals surface area contributed by atoms with Crippen LogP contribution in [0.15, 0.2) is 23.2 Å². The minimum Gasteiger partial charge on any atom is -0.215 e. The van der Waals surface area contributed by atoms with Crippen molar-refractivity contribution in [3.05, 3.63) is 34.3 Å². The van der Waals surface area contributed by atoms with E-state index in [2.05, 4.69) is 4.99 Å². The SMILES string of the molecule is CCCc1ccc(C(F)N=C=O)cc1Cl. The molecule has 0 aliphatic rings. The van der Waals surface area contributed by atoms with Crippen molar-refractivity contribution in [3.8, 4) is 0 Å². The summed E-state index contributed by atoms with van der Waals surface area (Å²) in [5, 5.41) is 0.512. The first-order chi connectivity index (χ1) is 7.19. The van der Waals surface area contributed by atoms with Gasteiger partial charge in [-0.15, -0.1) is 0 Å². The summed E-state index contributed by atoms with van der Waals surface area (Å²) in [5.41, 5.74) is 1.26. The molecule has 0 heterocycles. The van der Waals surface area contributed by atoms with Crippen molar-refractivity contribution in [1.29, 1.82) is 0 Å². The van der Waals surface area contributed by atoms with Gasteiger partial charge in [-0.25, -0.2) is 9.18 Å². The van der Waals surface area contributed by atoms with E-state index in [1.165, 1.54) is 12.1 Å². The predicted molar refractivity (Wildman–Crippen MR) is 57.4 cm³/mol. The summed E-state index contributed by atoms with van der Waals surface area (Å²) in [5.74, 6) is 0. The third-order valence-electron chi connectivity index (χ3n) is 2.04. The predicted octanol–water partition coefficient (Wildman–Crippen LogP) is 3.60. The molecular formula is C11H11ClFNO. The molecule has 1 atom stereocenters. The third-order valence-corrected chi connectivity index (χ3v) is 2.39. The second kappa shape index (κ2) is 5.64. The highest BCUT2D eigenvalue weighted by Crippen LogP contribution is 2.25. The van der Waals surface area contributed by atoms with E-state index in [0.717, 1.165) is 18.4 Å². The molecule has 0 aliphatic heterocycles. The Morgan fingerprint density at radius 1 is 1.60 bits per heavy atom. The van der Waals surface area contributed by atoms with Crippen molar-refractivity contribution in [2.24, 2.45) is 4.99 Å². The topological polar surface area (TPSA) is 29.4 Å². The van der Waals surface area contributed by atoms with Crippen LogP contribution in [0, 0.1) is 0 Å². The molecule has 0 saturated carbocycles. The minimum absolute atomic E-state index is 0.281. The molecule has 0 aliphatic carbocycles. The van der Waals surface area contributed by atoms with Crippen LogP contribution in [0.4, 0.5) is 4.39 Å². The quantitative estimate of drug-likeness (QED) is 0.439. The molecule has 0 fully saturated rings. The number of carbonyl (C=O) groups excluding carboxylic acids is 1. The van der Waals surface area contributed by atoms with Gasteiger partial charge in [-0.1, -0.05) is 37.1 Å². The van der Waals surface area contributed by atoms with Gasteiger partial charge in [-0.3, -0.25) is 0 Å². The molecule has 1 aromatic carbocycles. The van der Waals surface area contributed by atoms with Crippen molar-refractivity contribution in [2.75, 3.05) is 0 Å². The lowest BCUT2D eigenvalue weighted by atomic mass is 10.1. The molecule has 15 heavy (non-hydrogen) atoms. The van der Waals surface area contributed by atoms with Gasteiger partial charge in [0.15, 0.2) is 0 Å². The van der Waals surface area contributed by atoms with Crippen LogP contribution >= 0.6 is 11.6 Å². The van der Waals surface area contributed by atoms with Crippen LogP contribution < -0.4 is 0 Å². The second-order valence-corrected chi connectivity index (χ2v) is 3.56. The maximum atomic E-state index is 13.1. The Labute approximate surface area is 92.8 Å². The van der Waals surface area contributed by atoms with Crippen LogP contribution in [-0.4, -0.2) is 6.08 Å². The number of aliphatic imine (C=N–C) groups is 1. The van der Waals surface area contributed by atoms with Gasteiger partial charge in [0.05, 0.1) is 0 Å². The average Bonchev–Trinajstić information content (AvgIpc) is 2.21. The number of benzene rings is 1. The second-order valence-electron chi connectivity index (χ2n) is 3.16. The first-order valence-corrected chi connectivity index (χ1v) is 5.06. The number of rotatable bonds is 4. The van der Waals surface area contributed by atoms with Crippen LogP contribution in [0.5, 0.6) is 0 Å². The highest BCUT2D eigenvalue weighted by atomic mass is 35.5. The lowest BCUT2D eigenvalue weighted by Gasteiger charge is -2.06. The molecule has 0 amide bonds. The first-order valence-electron chi connectivity index (χ1n) is 4.68. The molecule has 0 spiro atoms. The zero-order valence-corrected chi connectivity index (χ0v) is 9.09. The number of aryl methyl sites for hydroxylation is 1. The van der Waals surface area contributed by atoms with Gasteiger partial charge in [0.1, 0.15) is 0 Å². The Kier molecular flexibility index (Phi) is 4.47. The maximum absolute atomic E-state index is 13.1. The molecule has 0 N–H and O–H groups in total. The highest BCUT2D eigenvalue weighted by molar-refractivity contribution is 6.31. The van der Waals surface area contributed by atoms with Crippen LogP contribution in [0.3, 0.4) is 0 Å². The molecule has 0 radical (unpaired) electrons. The number of alkyl halides is 1. The maximum Gasteiger partial charge on any atom is 0.238 e. The normalized spacial score (nSPS) is 11.9. The Balaban J connectivity index is 2.95. The monoisotopic (exact) mass is 227 g/mol. The van der Waals surface area contributed by atoms with Crippen molar-refractivity contribution in [3.63, 3.8) is 0 Å². The number of isocyanates is 1. The van der Waals surface area contributed by atoms with E-state index < -0.39 is 6.30 Å². The van der Waals surface area contributed by atoms with Crippen LogP contribution in [0.1, 0.15) is 30.8 Å². The van der Waals surface area contributed by atoms with Gasteiger partial charge < -0.3 is 0 Å². The number of nitrogens with zero attached hydrogens (tertiary/aromatic N) is 1. The number of halogens is 2. The van der Waals surface area contributed by atoms with Gasteiger partial charge in [0.2, 0.25) is 12.4 Å². The largest absolute Gasteiger partial charge is 0.238 e. The molecule has 0 saturated heterocycles. The fraction of sp³-hybridized carbons (Fsp3) is 0.364. The summed E-state index contributed by atoms with van der Waals surface area (Å²) in [6.45, 7) is 2.04. The fourth-order valence-electron chi connectivity index (χ4n) is 1.30. The molecule has 1 rings (SSSR count). The smallest absolute Gasteiger partial charge is 0.215 e. The van der Waals surface area contributed by atoms with Gasteiger partial charge in [0.25, 0.3) is 0 Å². The van der Waals surface area contributed by atoms with Gasteiger partial charge >= 0.3 is 0 Å². The summed E-state index contributed by atoms with van der Waals surface area (Å²) in [6.07, 6.45) is 1.34. The number of hydrogen-bond donors (Lipinski definition) is 0. The Hall–Kier alpha value is -1.18. The summed E-state index contributed by atoms with van der Waals surface area (Å²) in [7, 11) is 0. The molecule has 1 unspecified atom stereocenters. The molecule has 80 valence electrons. The lowest BCUT2D eigenvalue weighted by molar-refractivity contribution is 0.356. The zero-order chi connectivity index (χ0) is 11.3. The van der Waals surface area contributed by atoms with E-state index in [1.54, 1.807) is 12.1 Å². The summed E-state index contributed by atoms with van der Waals surface area (Å²) in [4.78, 5) is 12.9. The molecule has 0 aromatic heterocycles. The first kappa shape index (κ1) is 11.9. The van der Waals surface area contributed by atoms with Crippen molar-refractivity contribution >= 4 is 17.7 Å². The molecule has 2 nitrogen and oxygen atoms in total. The summed E-state index contributed by atoms with van der Waals surface area (Å²) in [6, 6.07) is 4.84. The molecule has 0 bridgehead atoms. The molecular weight excluding hydrogens is 217 g/mol. The van der Waals surface area contributed by atoms with E-state index in [1.807, 2.05) is 6.92 Å². The molecule has 1 aromatic rings. The Morgan fingerprint density at radius 3 is 2.87 bits per heavy atom. The van der Waals surface area contributed by atoms with Crippen molar-refractivity contribution in [1.82, 2.24) is 0 Å². The van der Waals surface area contributed by atoms with Crippen LogP contribution in [-0.2, 0) is 11.2 Å². The van der Waals surface area contributed by atoms with Crippen LogP contribution in [0.25, 0.3) is 0 Å². The van der Waals surface area contributed by atoms with E-state index in [0.29, 0.717) is 5.02 Å². The zero-order valence-electron chi connectivity index (χ0n) is 8.34. The van der Waals surface area contributed by atoms with E-state index in [4.69, 9.17) is 11.6 Å². The summed E-state index contributed by atoms with van der Waals surface area (Å²) < 4.78 is 13.1. The van der Waals surface area contributed by atoms with Gasteiger partial charge in [-0.05, 0) is 18.1 Å². The average molecular weight is 228 g/mol.